The first-order valence-electron chi connectivity index (χ1n) is 10.4. The SMILES string of the molecule is Cc1ncc(/C2=C/c3c(C)nc(N)nc3[C@@H](C3CC(OCCO)C3)CCC2=O)cn1. The predicted molar refractivity (Wildman–Crippen MR) is 112 cm³/mol. The summed E-state index contributed by atoms with van der Waals surface area (Å²) in [7, 11) is 0. The molecule has 8 nitrogen and oxygen atoms in total. The summed E-state index contributed by atoms with van der Waals surface area (Å²) >= 11 is 0. The quantitative estimate of drug-likeness (QED) is 0.770. The number of aromatic nitrogens is 4. The maximum absolute atomic E-state index is 13.1. The number of ketones is 1. The van der Waals surface area contributed by atoms with E-state index in [0.29, 0.717) is 42.3 Å². The number of carbonyl (C=O) groups is 1. The standard InChI is InChI=1S/C22H27N5O3/c1-12-18-9-19(15-10-24-13(2)25-11-15)20(29)4-3-17(21(18)27-22(23)26-12)14-7-16(8-14)30-6-5-28/h9-11,14,16-17,28H,3-8H2,1-2H3,(H2,23,26,27)/b19-9-/t14?,16?,17-/m1/s1. The summed E-state index contributed by atoms with van der Waals surface area (Å²) in [4.78, 5) is 30.5. The number of nitrogen functional groups attached to an aromatic ring is 1. The monoisotopic (exact) mass is 409 g/mol. The van der Waals surface area contributed by atoms with Gasteiger partial charge in [0.25, 0.3) is 0 Å². The fourth-order valence-electron chi connectivity index (χ4n) is 4.40. The average molecular weight is 409 g/mol. The van der Waals surface area contributed by atoms with Gasteiger partial charge in [-0.3, -0.25) is 4.79 Å². The average Bonchev–Trinajstić information content (AvgIpc) is 2.67. The van der Waals surface area contributed by atoms with Gasteiger partial charge in [-0.15, -0.1) is 0 Å². The maximum atomic E-state index is 13.1. The number of hydrogen-bond donors (Lipinski definition) is 2. The number of anilines is 1. The highest BCUT2D eigenvalue weighted by molar-refractivity contribution is 6.25. The number of fused-ring (bicyclic) bond motifs is 1. The first-order valence-corrected chi connectivity index (χ1v) is 10.4. The second kappa shape index (κ2) is 8.57. The largest absolute Gasteiger partial charge is 0.394 e. The van der Waals surface area contributed by atoms with Gasteiger partial charge in [-0.1, -0.05) is 0 Å². The molecule has 1 saturated carbocycles. The van der Waals surface area contributed by atoms with E-state index in [-0.39, 0.29) is 30.4 Å². The van der Waals surface area contributed by atoms with Crippen LogP contribution in [0.5, 0.6) is 0 Å². The van der Waals surface area contributed by atoms with Crippen molar-refractivity contribution in [1.82, 2.24) is 19.9 Å². The summed E-state index contributed by atoms with van der Waals surface area (Å²) in [5.41, 5.74) is 9.81. The van der Waals surface area contributed by atoms with Gasteiger partial charge in [0.15, 0.2) is 5.78 Å². The maximum Gasteiger partial charge on any atom is 0.220 e. The van der Waals surface area contributed by atoms with Crippen molar-refractivity contribution in [2.24, 2.45) is 5.92 Å². The Hall–Kier alpha value is -2.71. The van der Waals surface area contributed by atoms with Gasteiger partial charge in [-0.25, -0.2) is 19.9 Å². The number of ether oxygens (including phenoxy) is 1. The number of allylic oxidation sites excluding steroid dienone is 1. The Morgan fingerprint density at radius 1 is 1.20 bits per heavy atom. The molecule has 30 heavy (non-hydrogen) atoms. The van der Waals surface area contributed by atoms with E-state index in [2.05, 4.69) is 19.9 Å². The van der Waals surface area contributed by atoms with E-state index in [9.17, 15) is 4.79 Å². The number of nitrogens with zero attached hydrogens (tertiary/aromatic N) is 4. The van der Waals surface area contributed by atoms with Gasteiger partial charge < -0.3 is 15.6 Å². The van der Waals surface area contributed by atoms with Gasteiger partial charge in [-0.2, -0.15) is 0 Å². The van der Waals surface area contributed by atoms with Crippen molar-refractivity contribution in [2.75, 3.05) is 18.9 Å². The molecule has 0 bridgehead atoms. The molecule has 0 spiro atoms. The molecule has 4 rings (SSSR count). The molecule has 2 aliphatic carbocycles. The summed E-state index contributed by atoms with van der Waals surface area (Å²) in [5, 5.41) is 8.96. The van der Waals surface area contributed by atoms with E-state index >= 15 is 0 Å². The lowest BCUT2D eigenvalue weighted by molar-refractivity contribution is -0.114. The number of hydrogen-bond acceptors (Lipinski definition) is 8. The number of nitrogens with two attached hydrogens (primary N) is 1. The van der Waals surface area contributed by atoms with E-state index in [1.54, 1.807) is 12.4 Å². The van der Waals surface area contributed by atoms with Crippen LogP contribution >= 0.6 is 0 Å². The molecule has 0 radical (unpaired) electrons. The van der Waals surface area contributed by atoms with Crippen LogP contribution in [-0.4, -0.2) is 50.1 Å². The van der Waals surface area contributed by atoms with Crippen molar-refractivity contribution in [3.63, 3.8) is 0 Å². The molecule has 0 aliphatic heterocycles. The summed E-state index contributed by atoms with van der Waals surface area (Å²) in [6.45, 7) is 4.10. The van der Waals surface area contributed by atoms with Crippen LogP contribution in [0.2, 0.25) is 0 Å². The fraction of sp³-hybridized carbons (Fsp3) is 0.500. The molecular formula is C22H27N5O3. The van der Waals surface area contributed by atoms with Crippen LogP contribution in [0, 0.1) is 19.8 Å². The second-order valence-corrected chi connectivity index (χ2v) is 8.06. The third-order valence-electron chi connectivity index (χ3n) is 6.04. The van der Waals surface area contributed by atoms with Crippen LogP contribution in [0.25, 0.3) is 11.6 Å². The Balaban J connectivity index is 1.71. The lowest BCUT2D eigenvalue weighted by atomic mass is 9.69. The minimum Gasteiger partial charge on any atom is -0.394 e. The second-order valence-electron chi connectivity index (χ2n) is 8.06. The van der Waals surface area contributed by atoms with Crippen molar-refractivity contribution in [3.05, 3.63) is 40.7 Å². The molecule has 1 fully saturated rings. The predicted octanol–water partition coefficient (Wildman–Crippen LogP) is 2.24. The van der Waals surface area contributed by atoms with Crippen molar-refractivity contribution in [1.29, 1.82) is 0 Å². The number of rotatable bonds is 5. The summed E-state index contributed by atoms with van der Waals surface area (Å²) < 4.78 is 5.64. The molecule has 8 heteroatoms. The molecule has 0 aromatic carbocycles. The van der Waals surface area contributed by atoms with Gasteiger partial charge in [0.2, 0.25) is 5.95 Å². The topological polar surface area (TPSA) is 124 Å². The van der Waals surface area contributed by atoms with E-state index in [1.165, 1.54) is 0 Å². The first-order chi connectivity index (χ1) is 14.5. The van der Waals surface area contributed by atoms with Gasteiger partial charge in [0, 0.05) is 41.4 Å². The third kappa shape index (κ3) is 4.11. The minimum absolute atomic E-state index is 0.0289. The molecule has 158 valence electrons. The summed E-state index contributed by atoms with van der Waals surface area (Å²) in [5.74, 6) is 1.47. The Morgan fingerprint density at radius 3 is 2.63 bits per heavy atom. The third-order valence-corrected chi connectivity index (χ3v) is 6.04. The normalized spacial score (nSPS) is 25.5. The van der Waals surface area contributed by atoms with Gasteiger partial charge in [0.1, 0.15) is 5.82 Å². The van der Waals surface area contributed by atoms with Crippen molar-refractivity contribution >= 4 is 23.4 Å². The molecule has 2 aliphatic rings. The summed E-state index contributed by atoms with van der Waals surface area (Å²) in [6.07, 6.45) is 8.32. The molecule has 2 heterocycles. The lowest BCUT2D eigenvalue weighted by Gasteiger charge is -2.41. The minimum atomic E-state index is 0.0289. The molecule has 0 saturated heterocycles. The Morgan fingerprint density at radius 2 is 1.93 bits per heavy atom. The number of aliphatic hydroxyl groups excluding tert-OH is 1. The molecule has 2 aromatic heterocycles. The van der Waals surface area contributed by atoms with E-state index in [0.717, 1.165) is 29.8 Å². The molecule has 3 N–H and O–H groups in total. The molecular weight excluding hydrogens is 382 g/mol. The zero-order valence-corrected chi connectivity index (χ0v) is 17.3. The van der Waals surface area contributed by atoms with Crippen LogP contribution in [0.15, 0.2) is 12.4 Å². The van der Waals surface area contributed by atoms with E-state index < -0.39 is 0 Å². The Kier molecular flexibility index (Phi) is 5.87. The summed E-state index contributed by atoms with van der Waals surface area (Å²) in [6, 6.07) is 0. The molecule has 2 aromatic rings. The zero-order chi connectivity index (χ0) is 21.3. The first kappa shape index (κ1) is 20.6. The Bertz CT molecular complexity index is 967. The van der Waals surface area contributed by atoms with Crippen LogP contribution in [0.3, 0.4) is 0 Å². The van der Waals surface area contributed by atoms with Gasteiger partial charge in [-0.05, 0) is 45.1 Å². The van der Waals surface area contributed by atoms with Crippen molar-refractivity contribution in [3.8, 4) is 0 Å². The van der Waals surface area contributed by atoms with Gasteiger partial charge in [0.05, 0.1) is 30.7 Å². The van der Waals surface area contributed by atoms with Crippen LogP contribution in [-0.2, 0) is 9.53 Å². The molecule has 0 amide bonds. The van der Waals surface area contributed by atoms with Crippen LogP contribution in [0.4, 0.5) is 5.95 Å². The van der Waals surface area contributed by atoms with Crippen LogP contribution < -0.4 is 5.73 Å². The van der Waals surface area contributed by atoms with E-state index in [4.69, 9.17) is 15.6 Å². The Labute approximate surface area is 175 Å². The highest BCUT2D eigenvalue weighted by Gasteiger charge is 2.39. The highest BCUT2D eigenvalue weighted by atomic mass is 16.5. The fourth-order valence-corrected chi connectivity index (χ4v) is 4.40. The van der Waals surface area contributed by atoms with Gasteiger partial charge >= 0.3 is 0 Å². The molecule has 0 unspecified atom stereocenters. The van der Waals surface area contributed by atoms with Crippen LogP contribution in [0.1, 0.15) is 59.9 Å². The smallest absolute Gasteiger partial charge is 0.220 e. The number of aliphatic hydroxyl groups is 1. The number of aryl methyl sites for hydroxylation is 2. The van der Waals surface area contributed by atoms with E-state index in [1.807, 2.05) is 19.9 Å². The lowest BCUT2D eigenvalue weighted by Crippen LogP contribution is -2.37. The zero-order valence-electron chi connectivity index (χ0n) is 17.3. The molecule has 1 atom stereocenters. The van der Waals surface area contributed by atoms with Crippen molar-refractivity contribution < 1.29 is 14.6 Å². The number of Topliss-reactive ketones (excluding diaryl/α,β-unsaturated/α-hetero) is 1. The van der Waals surface area contributed by atoms with Crippen molar-refractivity contribution in [2.45, 2.75) is 51.6 Å². The number of carbonyl (C=O) groups excluding carboxylic acids is 1. The highest BCUT2D eigenvalue weighted by Crippen LogP contribution is 2.45.